The Labute approximate surface area is 126 Å². The Hall–Kier alpha value is -0.180. The molecule has 0 fully saturated rings. The maximum atomic E-state index is 6.06. The number of hydrogen-bond acceptors (Lipinski definition) is 2. The molecule has 1 aliphatic carbocycles. The van der Waals surface area contributed by atoms with Gasteiger partial charge in [0.1, 0.15) is 0 Å². The van der Waals surface area contributed by atoms with Crippen molar-refractivity contribution in [3.05, 3.63) is 34.3 Å². The summed E-state index contributed by atoms with van der Waals surface area (Å²) in [4.78, 5) is 0. The molecule has 1 aromatic rings. The molecule has 1 N–H and O–H groups in total. The van der Waals surface area contributed by atoms with Gasteiger partial charge in [-0.15, -0.1) is 0 Å². The smallest absolute Gasteiger partial charge is 0.0408 e. The van der Waals surface area contributed by atoms with Crippen LogP contribution in [0.3, 0.4) is 0 Å². The summed E-state index contributed by atoms with van der Waals surface area (Å²) in [5.74, 6) is 0. The maximum absolute atomic E-state index is 6.06. The number of rotatable bonds is 6. The average molecular weight is 298 g/mol. The molecule has 1 aromatic carbocycles. The predicted molar refractivity (Wildman–Crippen MR) is 87.5 cm³/mol. The molecule has 1 unspecified atom stereocenters. The van der Waals surface area contributed by atoms with Crippen molar-refractivity contribution in [1.29, 1.82) is 0 Å². The van der Waals surface area contributed by atoms with Crippen molar-refractivity contribution in [3.63, 3.8) is 0 Å². The van der Waals surface area contributed by atoms with E-state index >= 15 is 0 Å². The monoisotopic (exact) mass is 297 g/mol. The molecule has 0 spiro atoms. The van der Waals surface area contributed by atoms with Gasteiger partial charge in [-0.25, -0.2) is 0 Å². The van der Waals surface area contributed by atoms with E-state index in [1.54, 1.807) is 0 Å². The number of hydrogen-bond donors (Lipinski definition) is 1. The van der Waals surface area contributed by atoms with Gasteiger partial charge >= 0.3 is 0 Å². The first-order valence-corrected chi connectivity index (χ1v) is 8.78. The first-order chi connectivity index (χ1) is 9.12. The molecule has 0 saturated carbocycles. The lowest BCUT2D eigenvalue weighted by Gasteiger charge is -2.31. The number of nitrogens with one attached hydrogen (secondary N) is 1. The molecule has 1 aliphatic rings. The first kappa shape index (κ1) is 15.2. The van der Waals surface area contributed by atoms with Crippen LogP contribution in [-0.4, -0.2) is 23.6 Å². The van der Waals surface area contributed by atoms with Crippen LogP contribution in [0.25, 0.3) is 0 Å². The molecule has 106 valence electrons. The molecule has 0 saturated heterocycles. The van der Waals surface area contributed by atoms with E-state index < -0.39 is 0 Å². The van der Waals surface area contributed by atoms with Crippen LogP contribution in [0.1, 0.15) is 37.8 Å². The summed E-state index contributed by atoms with van der Waals surface area (Å²) in [6, 6.07) is 6.89. The minimum Gasteiger partial charge on any atom is -0.312 e. The zero-order valence-corrected chi connectivity index (χ0v) is 13.7. The van der Waals surface area contributed by atoms with Gasteiger partial charge in [-0.05, 0) is 55.2 Å². The molecular weight excluding hydrogens is 274 g/mol. The van der Waals surface area contributed by atoms with Gasteiger partial charge in [0.15, 0.2) is 0 Å². The third-order valence-corrected chi connectivity index (χ3v) is 6.36. The number of thioether (sulfide) groups is 1. The molecule has 0 radical (unpaired) electrons. The third-order valence-electron chi connectivity index (χ3n) is 4.54. The summed E-state index contributed by atoms with van der Waals surface area (Å²) in [6.07, 6.45) is 6.95. The van der Waals surface area contributed by atoms with Gasteiger partial charge in [-0.1, -0.05) is 31.5 Å². The zero-order chi connectivity index (χ0) is 13.9. The van der Waals surface area contributed by atoms with Crippen LogP contribution in [0.2, 0.25) is 5.02 Å². The molecule has 1 atom stereocenters. The van der Waals surface area contributed by atoms with E-state index in [1.807, 2.05) is 17.8 Å². The van der Waals surface area contributed by atoms with Crippen molar-refractivity contribution >= 4 is 23.4 Å². The maximum Gasteiger partial charge on any atom is 0.0408 e. The van der Waals surface area contributed by atoms with Gasteiger partial charge in [-0.2, -0.15) is 11.8 Å². The van der Waals surface area contributed by atoms with Crippen LogP contribution in [0, 0.1) is 0 Å². The van der Waals surface area contributed by atoms with Crippen molar-refractivity contribution < 1.29 is 0 Å². The van der Waals surface area contributed by atoms with E-state index in [0.29, 0.717) is 10.8 Å². The van der Waals surface area contributed by atoms with Crippen LogP contribution in [0.4, 0.5) is 0 Å². The van der Waals surface area contributed by atoms with Gasteiger partial charge in [0.05, 0.1) is 0 Å². The van der Waals surface area contributed by atoms with Gasteiger partial charge < -0.3 is 5.32 Å². The Morgan fingerprint density at radius 3 is 2.58 bits per heavy atom. The van der Waals surface area contributed by atoms with Crippen molar-refractivity contribution in [2.24, 2.45) is 0 Å². The van der Waals surface area contributed by atoms with E-state index in [4.69, 9.17) is 11.6 Å². The lowest BCUT2D eigenvalue weighted by Crippen LogP contribution is -2.42. The van der Waals surface area contributed by atoms with Crippen LogP contribution >= 0.6 is 23.4 Å². The normalized spacial score (nSPS) is 18.6. The molecule has 0 heterocycles. The van der Waals surface area contributed by atoms with Crippen LogP contribution in [-0.2, 0) is 12.8 Å². The molecule has 3 heteroatoms. The second-order valence-corrected chi connectivity index (χ2v) is 7.20. The summed E-state index contributed by atoms with van der Waals surface area (Å²) in [5.41, 5.74) is 2.89. The molecular formula is C16H24ClNS. The minimum absolute atomic E-state index is 0.395. The van der Waals surface area contributed by atoms with E-state index in [2.05, 4.69) is 37.6 Å². The largest absolute Gasteiger partial charge is 0.312 e. The Bertz CT molecular complexity index is 420. The van der Waals surface area contributed by atoms with E-state index in [-0.39, 0.29) is 0 Å². The van der Waals surface area contributed by atoms with Gasteiger partial charge in [-0.3, -0.25) is 0 Å². The zero-order valence-electron chi connectivity index (χ0n) is 12.1. The van der Waals surface area contributed by atoms with Crippen molar-refractivity contribution in [3.8, 4) is 0 Å². The fourth-order valence-electron chi connectivity index (χ4n) is 2.92. The topological polar surface area (TPSA) is 12.0 Å². The molecule has 0 aliphatic heterocycles. The Morgan fingerprint density at radius 1 is 1.26 bits per heavy atom. The van der Waals surface area contributed by atoms with E-state index in [0.717, 1.165) is 24.4 Å². The van der Waals surface area contributed by atoms with Crippen molar-refractivity contribution in [2.45, 2.75) is 50.3 Å². The van der Waals surface area contributed by atoms with Crippen LogP contribution < -0.4 is 5.32 Å². The summed E-state index contributed by atoms with van der Waals surface area (Å²) >= 11 is 8.07. The van der Waals surface area contributed by atoms with E-state index in [9.17, 15) is 0 Å². The Morgan fingerprint density at radius 2 is 1.95 bits per heavy atom. The highest BCUT2D eigenvalue weighted by atomic mass is 35.5. The molecule has 1 nitrogen and oxygen atoms in total. The fourth-order valence-corrected chi connectivity index (χ4v) is 3.92. The highest BCUT2D eigenvalue weighted by Crippen LogP contribution is 2.31. The van der Waals surface area contributed by atoms with Crippen LogP contribution in [0.15, 0.2) is 18.2 Å². The predicted octanol–water partition coefficient (Wildman–Crippen LogP) is 4.32. The molecule has 2 rings (SSSR count). The van der Waals surface area contributed by atoms with Gasteiger partial charge in [0.2, 0.25) is 0 Å². The number of fused-ring (bicyclic) bond motifs is 1. The molecule has 0 aromatic heterocycles. The number of benzene rings is 1. The molecule has 0 bridgehead atoms. The van der Waals surface area contributed by atoms with Crippen molar-refractivity contribution in [2.75, 3.05) is 12.8 Å². The van der Waals surface area contributed by atoms with Gasteiger partial charge in [0, 0.05) is 22.4 Å². The van der Waals surface area contributed by atoms with E-state index in [1.165, 1.54) is 24.0 Å². The summed E-state index contributed by atoms with van der Waals surface area (Å²) in [6.45, 7) is 5.70. The lowest BCUT2D eigenvalue weighted by molar-refractivity contribution is 0.445. The average Bonchev–Trinajstić information content (AvgIpc) is 2.83. The second-order valence-electron chi connectivity index (χ2n) is 5.49. The highest BCUT2D eigenvalue weighted by Gasteiger charge is 2.28. The highest BCUT2D eigenvalue weighted by molar-refractivity contribution is 8.00. The molecule has 0 amide bonds. The Kier molecular flexibility index (Phi) is 5.22. The standard InChI is InChI=1S/C16H24ClNS/c1-4-16(5-2,19-3)11-18-15-9-12-6-7-14(17)8-13(12)10-15/h6-8,15,18H,4-5,9-11H2,1-3H3. The summed E-state index contributed by atoms with van der Waals surface area (Å²) in [5, 5.41) is 4.64. The van der Waals surface area contributed by atoms with Gasteiger partial charge in [0.25, 0.3) is 0 Å². The quantitative estimate of drug-likeness (QED) is 0.839. The summed E-state index contributed by atoms with van der Waals surface area (Å²) < 4.78 is 0.395. The Balaban J connectivity index is 1.93. The molecule has 19 heavy (non-hydrogen) atoms. The number of halogens is 1. The fraction of sp³-hybridized carbons (Fsp3) is 0.625. The SMILES string of the molecule is CCC(CC)(CNC1Cc2ccc(Cl)cc2C1)SC. The first-order valence-electron chi connectivity index (χ1n) is 7.18. The minimum atomic E-state index is 0.395. The second kappa shape index (κ2) is 6.51. The third kappa shape index (κ3) is 3.48. The lowest BCUT2D eigenvalue weighted by atomic mass is 10.0. The van der Waals surface area contributed by atoms with Crippen LogP contribution in [0.5, 0.6) is 0 Å². The van der Waals surface area contributed by atoms with Crippen molar-refractivity contribution in [1.82, 2.24) is 5.32 Å². The summed E-state index contributed by atoms with van der Waals surface area (Å²) in [7, 11) is 0.